The van der Waals surface area contributed by atoms with Gasteiger partial charge < -0.3 is 20.3 Å². The van der Waals surface area contributed by atoms with Gasteiger partial charge in [-0.15, -0.1) is 24.8 Å². The van der Waals surface area contributed by atoms with E-state index in [1.165, 1.54) is 0 Å². The monoisotopic (exact) mass is 510 g/mol. The molecule has 34 heavy (non-hydrogen) atoms. The Kier molecular flexibility index (Phi) is 10.4. The van der Waals surface area contributed by atoms with Crippen LogP contribution in [0.2, 0.25) is 0 Å². The number of hydrogen-bond donors (Lipinski definition) is 5. The average molecular weight is 511 g/mol. The molecule has 2 aliphatic heterocycles. The van der Waals surface area contributed by atoms with Gasteiger partial charge in [-0.1, -0.05) is 24.3 Å². The third-order valence-electron chi connectivity index (χ3n) is 6.28. The van der Waals surface area contributed by atoms with Crippen molar-refractivity contribution in [2.24, 2.45) is 5.92 Å². The lowest BCUT2D eigenvalue weighted by atomic mass is 9.93. The molecule has 1 amide bonds. The van der Waals surface area contributed by atoms with Crippen LogP contribution < -0.4 is 15.4 Å². The number of piperidine rings is 1. The fourth-order valence-electron chi connectivity index (χ4n) is 4.48. The highest BCUT2D eigenvalue weighted by Crippen LogP contribution is 2.29. The quantitative estimate of drug-likeness (QED) is 0.296. The van der Waals surface area contributed by atoms with Crippen LogP contribution in [0.4, 0.5) is 4.79 Å². The van der Waals surface area contributed by atoms with E-state index in [1.54, 1.807) is 6.07 Å². The first-order chi connectivity index (χ1) is 15.5. The molecule has 1 unspecified atom stereocenters. The minimum absolute atomic E-state index is 0. The first kappa shape index (κ1) is 27.7. The molecule has 0 bridgehead atoms. The van der Waals surface area contributed by atoms with Crippen LogP contribution in [-0.4, -0.2) is 53.3 Å². The predicted molar refractivity (Wildman–Crippen MR) is 136 cm³/mol. The molecule has 2 aliphatic rings. The van der Waals surface area contributed by atoms with E-state index in [1.807, 2.05) is 36.4 Å². The summed E-state index contributed by atoms with van der Waals surface area (Å²) in [6.45, 7) is 4.02. The Morgan fingerprint density at radius 3 is 2.62 bits per heavy atom. The molecule has 2 heterocycles. The smallest absolute Gasteiger partial charge is 0.410 e. The number of phenolic OH excluding ortho intramolecular Hbond substituents is 1. The summed E-state index contributed by atoms with van der Waals surface area (Å²) in [4.78, 5) is 13.3. The fourth-order valence-corrected chi connectivity index (χ4v) is 4.48. The number of rotatable bonds is 6. The van der Waals surface area contributed by atoms with E-state index in [2.05, 4.69) is 15.5 Å². The zero-order valence-electron chi connectivity index (χ0n) is 18.8. The Morgan fingerprint density at radius 2 is 1.91 bits per heavy atom. The van der Waals surface area contributed by atoms with Crippen LogP contribution in [0.5, 0.6) is 11.5 Å². The lowest BCUT2D eigenvalue weighted by Crippen LogP contribution is -2.42. The number of carboxylic acid groups (broad SMARTS) is 1. The number of phenols is 1. The highest BCUT2D eigenvalue weighted by Gasteiger charge is 2.26. The van der Waals surface area contributed by atoms with Gasteiger partial charge in [0.15, 0.2) is 0 Å². The molecular weight excluding hydrogens is 479 g/mol. The first-order valence-electron chi connectivity index (χ1n) is 11.1. The van der Waals surface area contributed by atoms with E-state index in [-0.39, 0.29) is 30.6 Å². The number of ether oxygens (including phenoxy) is 1. The molecule has 4 rings (SSSR count). The number of para-hydroxylation sites is 1. The number of amidine groups is 1. The Labute approximate surface area is 212 Å². The number of aromatic hydroxyl groups is 1. The van der Waals surface area contributed by atoms with E-state index in [9.17, 15) is 9.90 Å². The maximum absolute atomic E-state index is 10.9. The van der Waals surface area contributed by atoms with Crippen LogP contribution in [0, 0.1) is 11.3 Å². The van der Waals surface area contributed by atoms with Crippen LogP contribution in [-0.2, 0) is 13.0 Å². The number of benzene rings is 2. The molecule has 0 spiro atoms. The number of amides is 1. The van der Waals surface area contributed by atoms with Gasteiger partial charge in [-0.05, 0) is 67.6 Å². The topological polar surface area (TPSA) is 118 Å². The number of likely N-dealkylation sites (tertiary alicyclic amines) is 1. The van der Waals surface area contributed by atoms with Crippen molar-refractivity contribution in [3.63, 3.8) is 0 Å². The molecule has 1 fully saturated rings. The standard InChI is InChI=1S/C24H30N4O4.2ClH/c25-23(27-24(30)31)22-20-13-19(6-5-17(20)7-10-26-22)32-15-16-8-11-28(12-9-16)14-18-3-1-2-4-21(18)29;;/h1-6,13,16,22,26,29H,7-12,14-15H2,(H2,25,27)(H,30,31);2*1H. The van der Waals surface area contributed by atoms with Gasteiger partial charge in [0.2, 0.25) is 0 Å². The largest absolute Gasteiger partial charge is 0.508 e. The second kappa shape index (κ2) is 12.8. The summed E-state index contributed by atoms with van der Waals surface area (Å²) >= 11 is 0. The molecule has 186 valence electrons. The molecule has 2 aromatic rings. The molecule has 2 aromatic carbocycles. The third-order valence-corrected chi connectivity index (χ3v) is 6.28. The van der Waals surface area contributed by atoms with Crippen LogP contribution in [0.15, 0.2) is 42.5 Å². The number of hydrogen-bond acceptors (Lipinski definition) is 6. The second-order valence-corrected chi connectivity index (χ2v) is 8.50. The molecule has 0 aromatic heterocycles. The van der Waals surface area contributed by atoms with Crippen molar-refractivity contribution in [1.29, 1.82) is 5.41 Å². The molecule has 5 N–H and O–H groups in total. The van der Waals surface area contributed by atoms with Crippen LogP contribution in [0.3, 0.4) is 0 Å². The summed E-state index contributed by atoms with van der Waals surface area (Å²) in [6.07, 6.45) is 1.68. The van der Waals surface area contributed by atoms with Crippen molar-refractivity contribution in [2.45, 2.75) is 31.8 Å². The summed E-state index contributed by atoms with van der Waals surface area (Å²) in [6, 6.07) is 12.9. The van der Waals surface area contributed by atoms with Crippen molar-refractivity contribution in [2.75, 3.05) is 26.2 Å². The van der Waals surface area contributed by atoms with E-state index >= 15 is 0 Å². The highest BCUT2D eigenvalue weighted by atomic mass is 35.5. The lowest BCUT2D eigenvalue weighted by molar-refractivity contribution is 0.136. The number of nitrogens with one attached hydrogen (secondary N) is 3. The Morgan fingerprint density at radius 1 is 1.18 bits per heavy atom. The number of carbonyl (C=O) groups is 1. The SMILES string of the molecule is Cl.Cl.N=C(NC(=O)O)C1NCCc2ccc(OCC3CCN(Cc4ccccc4O)CC3)cc21. The number of fused-ring (bicyclic) bond motifs is 1. The zero-order valence-corrected chi connectivity index (χ0v) is 20.5. The molecule has 0 aliphatic carbocycles. The molecule has 8 nitrogen and oxygen atoms in total. The molecule has 0 radical (unpaired) electrons. The van der Waals surface area contributed by atoms with Gasteiger partial charge in [-0.3, -0.25) is 15.6 Å². The first-order valence-corrected chi connectivity index (χ1v) is 11.1. The van der Waals surface area contributed by atoms with E-state index < -0.39 is 12.1 Å². The van der Waals surface area contributed by atoms with Crippen LogP contribution in [0.1, 0.15) is 35.6 Å². The average Bonchev–Trinajstić information content (AvgIpc) is 2.79. The van der Waals surface area contributed by atoms with Gasteiger partial charge in [0.05, 0.1) is 12.6 Å². The van der Waals surface area contributed by atoms with Crippen LogP contribution in [0.25, 0.3) is 0 Å². The van der Waals surface area contributed by atoms with Gasteiger partial charge in [0.25, 0.3) is 0 Å². The molecule has 10 heteroatoms. The van der Waals surface area contributed by atoms with Crippen molar-refractivity contribution < 1.29 is 19.7 Å². The zero-order chi connectivity index (χ0) is 22.5. The maximum atomic E-state index is 10.9. The minimum atomic E-state index is -1.23. The van der Waals surface area contributed by atoms with Crippen molar-refractivity contribution >= 4 is 36.7 Å². The molecular formula is C24H32Cl2N4O4. The molecule has 1 saturated heterocycles. The predicted octanol–water partition coefficient (Wildman–Crippen LogP) is 3.96. The van der Waals surface area contributed by atoms with Crippen molar-refractivity contribution in [3.8, 4) is 11.5 Å². The second-order valence-electron chi connectivity index (χ2n) is 8.50. The lowest BCUT2D eigenvalue weighted by Gasteiger charge is -2.32. The normalized spacial score (nSPS) is 18.1. The van der Waals surface area contributed by atoms with Crippen molar-refractivity contribution in [1.82, 2.24) is 15.5 Å². The number of halogens is 2. The Balaban J connectivity index is 0.00000204. The summed E-state index contributed by atoms with van der Waals surface area (Å²) in [7, 11) is 0. The van der Waals surface area contributed by atoms with Crippen LogP contribution >= 0.6 is 24.8 Å². The fraction of sp³-hybridized carbons (Fsp3) is 0.417. The summed E-state index contributed by atoms with van der Waals surface area (Å²) in [5.41, 5.74) is 2.96. The highest BCUT2D eigenvalue weighted by molar-refractivity contribution is 5.97. The molecule has 1 atom stereocenters. The minimum Gasteiger partial charge on any atom is -0.508 e. The number of nitrogens with zero attached hydrogens (tertiary/aromatic N) is 1. The summed E-state index contributed by atoms with van der Waals surface area (Å²) < 4.78 is 6.10. The summed E-state index contributed by atoms with van der Waals surface area (Å²) in [5.74, 6) is 1.49. The summed E-state index contributed by atoms with van der Waals surface area (Å²) in [5, 5.41) is 32.4. The van der Waals surface area contributed by atoms with Crippen molar-refractivity contribution in [3.05, 3.63) is 59.2 Å². The van der Waals surface area contributed by atoms with Gasteiger partial charge >= 0.3 is 6.09 Å². The van der Waals surface area contributed by atoms with Gasteiger partial charge in [-0.2, -0.15) is 0 Å². The third kappa shape index (κ3) is 6.99. The maximum Gasteiger partial charge on any atom is 0.410 e. The van der Waals surface area contributed by atoms with Gasteiger partial charge in [0.1, 0.15) is 17.3 Å². The van der Waals surface area contributed by atoms with E-state index in [0.29, 0.717) is 24.8 Å². The van der Waals surface area contributed by atoms with Gasteiger partial charge in [0, 0.05) is 18.7 Å². The molecule has 0 saturated carbocycles. The Hall–Kier alpha value is -2.52. The van der Waals surface area contributed by atoms with Gasteiger partial charge in [-0.25, -0.2) is 4.79 Å². The van der Waals surface area contributed by atoms with E-state index in [0.717, 1.165) is 61.3 Å². The van der Waals surface area contributed by atoms with E-state index in [4.69, 9.17) is 15.3 Å². The Bertz CT molecular complexity index is 983.